The molecule has 0 radical (unpaired) electrons. The molecule has 0 aromatic heterocycles. The average molecular weight is 238 g/mol. The van der Waals surface area contributed by atoms with Gasteiger partial charge in [0.1, 0.15) is 5.82 Å². The normalized spacial score (nSPS) is 12.2. The summed E-state index contributed by atoms with van der Waals surface area (Å²) in [5.41, 5.74) is 1.15. The van der Waals surface area contributed by atoms with Crippen molar-refractivity contribution in [3.63, 3.8) is 0 Å². The van der Waals surface area contributed by atoms with E-state index in [1.807, 2.05) is 20.8 Å². The van der Waals surface area contributed by atoms with Gasteiger partial charge in [0.15, 0.2) is 0 Å². The molecule has 1 aromatic carbocycles. The lowest BCUT2D eigenvalue weighted by Gasteiger charge is -2.11. The highest BCUT2D eigenvalue weighted by Gasteiger charge is 2.07. The van der Waals surface area contributed by atoms with Gasteiger partial charge in [0.2, 0.25) is 5.91 Å². The Morgan fingerprint density at radius 3 is 2.82 bits per heavy atom. The Kier molecular flexibility index (Phi) is 5.10. The molecule has 17 heavy (non-hydrogen) atoms. The molecule has 2 N–H and O–H groups in total. The van der Waals surface area contributed by atoms with E-state index in [0.717, 1.165) is 12.0 Å². The number of anilines is 1. The van der Waals surface area contributed by atoms with Crippen LogP contribution < -0.4 is 10.6 Å². The predicted octanol–water partition coefficient (Wildman–Crippen LogP) is 2.46. The van der Waals surface area contributed by atoms with Crippen LogP contribution in [0, 0.1) is 12.7 Å². The summed E-state index contributed by atoms with van der Waals surface area (Å²) in [6.07, 6.45) is 0.950. The lowest BCUT2D eigenvalue weighted by Crippen LogP contribution is -2.34. The Morgan fingerprint density at radius 1 is 1.47 bits per heavy atom. The van der Waals surface area contributed by atoms with E-state index in [4.69, 9.17) is 0 Å². The molecule has 0 spiro atoms. The summed E-state index contributed by atoms with van der Waals surface area (Å²) in [7, 11) is 0. The lowest BCUT2D eigenvalue weighted by atomic mass is 10.2. The number of carbonyl (C=O) groups is 1. The highest BCUT2D eigenvalue weighted by Crippen LogP contribution is 2.15. The van der Waals surface area contributed by atoms with E-state index in [2.05, 4.69) is 10.6 Å². The number of hydrogen-bond donors (Lipinski definition) is 2. The zero-order valence-electron chi connectivity index (χ0n) is 10.5. The van der Waals surface area contributed by atoms with Crippen LogP contribution in [0.2, 0.25) is 0 Å². The van der Waals surface area contributed by atoms with Crippen LogP contribution in [0.1, 0.15) is 25.8 Å². The topological polar surface area (TPSA) is 41.1 Å². The first-order valence-electron chi connectivity index (χ1n) is 5.82. The third kappa shape index (κ3) is 4.53. The number of halogens is 1. The third-order valence-corrected chi connectivity index (χ3v) is 2.62. The smallest absolute Gasteiger partial charge is 0.238 e. The number of benzene rings is 1. The molecule has 0 aliphatic carbocycles. The highest BCUT2D eigenvalue weighted by atomic mass is 19.1. The monoisotopic (exact) mass is 238 g/mol. The van der Waals surface area contributed by atoms with E-state index in [1.165, 1.54) is 6.07 Å². The summed E-state index contributed by atoms with van der Waals surface area (Å²) >= 11 is 0. The van der Waals surface area contributed by atoms with Gasteiger partial charge in [-0.3, -0.25) is 4.79 Å². The number of nitrogens with one attached hydrogen (secondary N) is 2. The van der Waals surface area contributed by atoms with Crippen LogP contribution in [0.5, 0.6) is 0 Å². The number of rotatable bonds is 5. The molecule has 0 heterocycles. The second-order valence-corrected chi connectivity index (χ2v) is 4.22. The van der Waals surface area contributed by atoms with Crippen molar-refractivity contribution in [1.29, 1.82) is 0 Å². The van der Waals surface area contributed by atoms with E-state index < -0.39 is 5.82 Å². The van der Waals surface area contributed by atoms with Crippen molar-refractivity contribution in [2.45, 2.75) is 33.2 Å². The minimum absolute atomic E-state index is 0.197. The van der Waals surface area contributed by atoms with Crippen LogP contribution >= 0.6 is 0 Å². The number of carbonyl (C=O) groups excluding carboxylic acids is 1. The van der Waals surface area contributed by atoms with Gasteiger partial charge in [-0.1, -0.05) is 13.0 Å². The Balaban J connectivity index is 2.53. The highest BCUT2D eigenvalue weighted by molar-refractivity contribution is 5.92. The van der Waals surface area contributed by atoms with Crippen molar-refractivity contribution in [2.75, 3.05) is 11.9 Å². The molecular weight excluding hydrogens is 219 g/mol. The van der Waals surface area contributed by atoms with E-state index >= 15 is 0 Å². The third-order valence-electron chi connectivity index (χ3n) is 2.62. The fraction of sp³-hybridized carbons (Fsp3) is 0.462. The van der Waals surface area contributed by atoms with Crippen molar-refractivity contribution in [1.82, 2.24) is 5.32 Å². The fourth-order valence-corrected chi connectivity index (χ4v) is 1.34. The first-order chi connectivity index (χ1) is 8.02. The quantitative estimate of drug-likeness (QED) is 0.827. The summed E-state index contributed by atoms with van der Waals surface area (Å²) in [6.45, 7) is 6.09. The Bertz CT molecular complexity index is 393. The van der Waals surface area contributed by atoms with Crippen molar-refractivity contribution >= 4 is 11.6 Å². The largest absolute Gasteiger partial charge is 0.322 e. The number of hydrogen-bond acceptors (Lipinski definition) is 2. The van der Waals surface area contributed by atoms with Crippen molar-refractivity contribution < 1.29 is 9.18 Å². The maximum Gasteiger partial charge on any atom is 0.238 e. The second kappa shape index (κ2) is 6.35. The van der Waals surface area contributed by atoms with Gasteiger partial charge in [-0.05, 0) is 38.0 Å². The zero-order chi connectivity index (χ0) is 12.8. The Morgan fingerprint density at radius 2 is 2.18 bits per heavy atom. The zero-order valence-corrected chi connectivity index (χ0v) is 10.5. The molecule has 1 aromatic rings. The molecule has 1 rings (SSSR count). The molecule has 3 nitrogen and oxygen atoms in total. The summed E-state index contributed by atoms with van der Waals surface area (Å²) in [4.78, 5) is 11.6. The van der Waals surface area contributed by atoms with E-state index in [1.54, 1.807) is 12.1 Å². The molecule has 0 bridgehead atoms. The molecule has 0 saturated carbocycles. The molecule has 1 amide bonds. The van der Waals surface area contributed by atoms with Crippen LogP contribution in [0.3, 0.4) is 0 Å². The van der Waals surface area contributed by atoms with Crippen LogP contribution in [0.25, 0.3) is 0 Å². The van der Waals surface area contributed by atoms with Gasteiger partial charge in [-0.25, -0.2) is 4.39 Å². The molecule has 0 aliphatic heterocycles. The molecule has 0 saturated heterocycles. The molecule has 94 valence electrons. The van der Waals surface area contributed by atoms with Crippen LogP contribution in [0.4, 0.5) is 10.1 Å². The Labute approximate surface area is 101 Å². The second-order valence-electron chi connectivity index (χ2n) is 4.22. The molecule has 1 atom stereocenters. The molecule has 1 unspecified atom stereocenters. The Hall–Kier alpha value is -1.42. The van der Waals surface area contributed by atoms with Crippen molar-refractivity contribution in [3.8, 4) is 0 Å². The first kappa shape index (κ1) is 13.6. The SMILES string of the molecule is CCC(C)NCC(=O)Nc1cc(C)ccc1F. The van der Waals surface area contributed by atoms with Gasteiger partial charge in [0.25, 0.3) is 0 Å². The van der Waals surface area contributed by atoms with Crippen LogP contribution in [0.15, 0.2) is 18.2 Å². The predicted molar refractivity (Wildman–Crippen MR) is 67.5 cm³/mol. The van der Waals surface area contributed by atoms with E-state index in [9.17, 15) is 9.18 Å². The van der Waals surface area contributed by atoms with Gasteiger partial charge in [0.05, 0.1) is 12.2 Å². The van der Waals surface area contributed by atoms with Crippen LogP contribution in [-0.4, -0.2) is 18.5 Å². The van der Waals surface area contributed by atoms with Gasteiger partial charge in [-0.2, -0.15) is 0 Å². The van der Waals surface area contributed by atoms with Gasteiger partial charge in [0, 0.05) is 6.04 Å². The van der Waals surface area contributed by atoms with E-state index in [0.29, 0.717) is 0 Å². The molecule has 4 heteroatoms. The number of aryl methyl sites for hydroxylation is 1. The van der Waals surface area contributed by atoms with Gasteiger partial charge in [-0.15, -0.1) is 0 Å². The van der Waals surface area contributed by atoms with Gasteiger partial charge < -0.3 is 10.6 Å². The molecular formula is C13H19FN2O. The fourth-order valence-electron chi connectivity index (χ4n) is 1.34. The standard InChI is InChI=1S/C13H19FN2O/c1-4-10(3)15-8-13(17)16-12-7-9(2)5-6-11(12)14/h5-7,10,15H,4,8H2,1-3H3,(H,16,17). The minimum atomic E-state index is -0.410. The average Bonchev–Trinajstić information content (AvgIpc) is 2.30. The lowest BCUT2D eigenvalue weighted by molar-refractivity contribution is -0.115. The maximum atomic E-state index is 13.4. The molecule has 0 fully saturated rings. The van der Waals surface area contributed by atoms with Crippen molar-refractivity contribution in [3.05, 3.63) is 29.6 Å². The van der Waals surface area contributed by atoms with Crippen LogP contribution in [-0.2, 0) is 4.79 Å². The van der Waals surface area contributed by atoms with Gasteiger partial charge >= 0.3 is 0 Å². The number of amides is 1. The first-order valence-corrected chi connectivity index (χ1v) is 5.82. The van der Waals surface area contributed by atoms with E-state index in [-0.39, 0.29) is 24.2 Å². The summed E-state index contributed by atoms with van der Waals surface area (Å²) in [5, 5.41) is 5.61. The summed E-state index contributed by atoms with van der Waals surface area (Å²) < 4.78 is 13.4. The summed E-state index contributed by atoms with van der Waals surface area (Å²) in [6, 6.07) is 4.93. The minimum Gasteiger partial charge on any atom is -0.322 e. The summed E-state index contributed by atoms with van der Waals surface area (Å²) in [5.74, 6) is -0.637. The maximum absolute atomic E-state index is 13.4. The molecule has 0 aliphatic rings. The van der Waals surface area contributed by atoms with Crippen molar-refractivity contribution in [2.24, 2.45) is 0 Å².